The summed E-state index contributed by atoms with van der Waals surface area (Å²) in [6.07, 6.45) is 0. The number of carbonyl (C=O) groups is 2. The molecule has 0 aliphatic carbocycles. The number of aryl methyl sites for hydroxylation is 1. The van der Waals surface area contributed by atoms with E-state index in [1.807, 2.05) is 48.5 Å². The largest absolute Gasteiger partial charge is 0.453 e. The number of hydrogen-bond acceptors (Lipinski definition) is 6. The predicted octanol–water partition coefficient (Wildman–Crippen LogP) is 3.36. The van der Waals surface area contributed by atoms with Gasteiger partial charge in [-0.25, -0.2) is 4.79 Å². The molecule has 0 amide bonds. The van der Waals surface area contributed by atoms with Gasteiger partial charge >= 0.3 is 5.97 Å². The van der Waals surface area contributed by atoms with Gasteiger partial charge in [-0.15, -0.1) is 5.10 Å². The Morgan fingerprint density at radius 2 is 1.78 bits per heavy atom. The molecule has 7 nitrogen and oxygen atoms in total. The summed E-state index contributed by atoms with van der Waals surface area (Å²) in [5.74, 6) is -0.986. The zero-order valence-electron chi connectivity index (χ0n) is 14.5. The van der Waals surface area contributed by atoms with Crippen LogP contribution >= 0.6 is 0 Å². The van der Waals surface area contributed by atoms with Gasteiger partial charge in [0.25, 0.3) is 0 Å². The highest BCUT2D eigenvalue weighted by atomic mass is 16.5. The van der Waals surface area contributed by atoms with E-state index in [1.165, 1.54) is 4.80 Å². The molecule has 0 atom stereocenters. The van der Waals surface area contributed by atoms with E-state index in [1.54, 1.807) is 19.1 Å². The minimum Gasteiger partial charge on any atom is -0.453 e. The summed E-state index contributed by atoms with van der Waals surface area (Å²) in [4.78, 5) is 25.9. The summed E-state index contributed by atoms with van der Waals surface area (Å²) in [6.45, 7) is 1.22. The summed E-state index contributed by atoms with van der Waals surface area (Å²) in [5, 5.41) is 9.19. The van der Waals surface area contributed by atoms with Crippen molar-refractivity contribution in [1.29, 1.82) is 0 Å². The topological polar surface area (TPSA) is 87.2 Å². The standard InChI is InChI=1S/C20H15N3O4/c1-13-19(22-23(21-13)15-8-3-2-4-9-15)20(25)26-12-16(24)18-11-14-7-5-6-10-17(14)27-18/h2-11H,12H2,1H3. The van der Waals surface area contributed by atoms with Gasteiger partial charge in [-0.3, -0.25) is 4.79 Å². The number of ether oxygens (including phenoxy) is 1. The molecule has 0 radical (unpaired) electrons. The van der Waals surface area contributed by atoms with Crippen LogP contribution in [0.15, 0.2) is 65.1 Å². The highest BCUT2D eigenvalue weighted by Crippen LogP contribution is 2.19. The molecule has 0 N–H and O–H groups in total. The first kappa shape index (κ1) is 16.7. The third-order valence-electron chi connectivity index (χ3n) is 4.00. The molecule has 2 heterocycles. The molecule has 0 aliphatic heterocycles. The van der Waals surface area contributed by atoms with Crippen LogP contribution in [0.25, 0.3) is 16.7 Å². The van der Waals surface area contributed by atoms with Crippen LogP contribution in [0.4, 0.5) is 0 Å². The lowest BCUT2D eigenvalue weighted by molar-refractivity contribution is 0.0461. The van der Waals surface area contributed by atoms with Gasteiger partial charge in [-0.2, -0.15) is 9.90 Å². The van der Waals surface area contributed by atoms with Gasteiger partial charge in [-0.05, 0) is 31.2 Å². The summed E-state index contributed by atoms with van der Waals surface area (Å²) in [7, 11) is 0. The maximum absolute atomic E-state index is 12.3. The van der Waals surface area contributed by atoms with Crippen molar-refractivity contribution in [3.05, 3.63) is 77.8 Å². The van der Waals surface area contributed by atoms with E-state index >= 15 is 0 Å². The molecule has 2 aromatic carbocycles. The lowest BCUT2D eigenvalue weighted by Gasteiger charge is -2.01. The number of esters is 1. The van der Waals surface area contributed by atoms with Crippen molar-refractivity contribution in [2.24, 2.45) is 0 Å². The Hall–Kier alpha value is -3.74. The molecule has 0 fully saturated rings. The van der Waals surface area contributed by atoms with E-state index in [4.69, 9.17) is 9.15 Å². The van der Waals surface area contributed by atoms with Crippen molar-refractivity contribution in [3.8, 4) is 5.69 Å². The van der Waals surface area contributed by atoms with Crippen molar-refractivity contribution in [1.82, 2.24) is 15.0 Å². The van der Waals surface area contributed by atoms with E-state index in [-0.39, 0.29) is 11.5 Å². The number of para-hydroxylation sites is 2. The maximum Gasteiger partial charge on any atom is 0.361 e. The van der Waals surface area contributed by atoms with Crippen molar-refractivity contribution in [2.75, 3.05) is 6.61 Å². The molecule has 0 spiro atoms. The van der Waals surface area contributed by atoms with Crippen LogP contribution in [0.2, 0.25) is 0 Å². The zero-order valence-corrected chi connectivity index (χ0v) is 14.5. The fourth-order valence-electron chi connectivity index (χ4n) is 2.63. The number of Topliss-reactive ketones (excluding diaryl/α,β-unsaturated/α-hetero) is 1. The number of aromatic nitrogens is 3. The fraction of sp³-hybridized carbons (Fsp3) is 0.100. The molecule has 4 aromatic rings. The van der Waals surface area contributed by atoms with Crippen LogP contribution in [0.5, 0.6) is 0 Å². The summed E-state index contributed by atoms with van der Waals surface area (Å²) in [5.41, 5.74) is 1.81. The molecule has 4 rings (SSSR count). The Morgan fingerprint density at radius 3 is 2.56 bits per heavy atom. The molecule has 134 valence electrons. The van der Waals surface area contributed by atoms with Crippen molar-refractivity contribution >= 4 is 22.7 Å². The molecule has 0 aliphatic rings. The molecule has 27 heavy (non-hydrogen) atoms. The minimum absolute atomic E-state index is 0.0660. The van der Waals surface area contributed by atoms with Crippen molar-refractivity contribution < 1.29 is 18.7 Å². The predicted molar refractivity (Wildman–Crippen MR) is 96.9 cm³/mol. The average molecular weight is 361 g/mol. The van der Waals surface area contributed by atoms with E-state index in [0.717, 1.165) is 11.1 Å². The third kappa shape index (κ3) is 3.35. The maximum atomic E-state index is 12.3. The van der Waals surface area contributed by atoms with Crippen LogP contribution in [0.1, 0.15) is 26.7 Å². The molecule has 0 saturated carbocycles. The van der Waals surface area contributed by atoms with Gasteiger partial charge in [0.15, 0.2) is 18.1 Å². The first-order valence-corrected chi connectivity index (χ1v) is 8.30. The van der Waals surface area contributed by atoms with Crippen molar-refractivity contribution in [2.45, 2.75) is 6.92 Å². The second kappa shape index (κ2) is 6.87. The Balaban J connectivity index is 1.46. The Kier molecular flexibility index (Phi) is 4.25. The number of furan rings is 1. The Bertz CT molecular complexity index is 1100. The summed E-state index contributed by atoms with van der Waals surface area (Å²) >= 11 is 0. The molecule has 7 heteroatoms. The lowest BCUT2D eigenvalue weighted by Crippen LogP contribution is -2.15. The minimum atomic E-state index is -0.709. The molecular formula is C20H15N3O4. The summed E-state index contributed by atoms with van der Waals surface area (Å²) < 4.78 is 10.6. The second-order valence-corrected chi connectivity index (χ2v) is 5.91. The zero-order chi connectivity index (χ0) is 18.8. The van der Waals surface area contributed by atoms with E-state index < -0.39 is 18.4 Å². The Morgan fingerprint density at radius 1 is 1.04 bits per heavy atom. The number of benzene rings is 2. The number of nitrogens with zero attached hydrogens (tertiary/aromatic N) is 3. The number of rotatable bonds is 5. The van der Waals surface area contributed by atoms with E-state index in [9.17, 15) is 9.59 Å². The second-order valence-electron chi connectivity index (χ2n) is 5.91. The van der Waals surface area contributed by atoms with Gasteiger partial charge in [-0.1, -0.05) is 36.4 Å². The number of carbonyl (C=O) groups excluding carboxylic acids is 2. The Labute approximate surface area is 154 Å². The van der Waals surface area contributed by atoms with Crippen LogP contribution < -0.4 is 0 Å². The molecule has 0 unspecified atom stereocenters. The van der Waals surface area contributed by atoms with Crippen molar-refractivity contribution in [3.63, 3.8) is 0 Å². The first-order valence-electron chi connectivity index (χ1n) is 8.30. The van der Waals surface area contributed by atoms with Gasteiger partial charge in [0.1, 0.15) is 5.58 Å². The SMILES string of the molecule is Cc1nn(-c2ccccc2)nc1C(=O)OCC(=O)c1cc2ccccc2o1. The summed E-state index contributed by atoms with van der Waals surface area (Å²) in [6, 6.07) is 18.1. The fourth-order valence-corrected chi connectivity index (χ4v) is 2.63. The van der Waals surface area contributed by atoms with Crippen LogP contribution in [-0.4, -0.2) is 33.4 Å². The van der Waals surface area contributed by atoms with Crippen LogP contribution in [0.3, 0.4) is 0 Å². The highest BCUT2D eigenvalue weighted by molar-refractivity contribution is 6.00. The number of hydrogen-bond donors (Lipinski definition) is 0. The van der Waals surface area contributed by atoms with Gasteiger partial charge in [0.05, 0.1) is 11.4 Å². The number of fused-ring (bicyclic) bond motifs is 1. The van der Waals surface area contributed by atoms with Gasteiger partial charge in [0.2, 0.25) is 5.78 Å². The quantitative estimate of drug-likeness (QED) is 0.400. The van der Waals surface area contributed by atoms with Crippen LogP contribution in [-0.2, 0) is 4.74 Å². The first-order chi connectivity index (χ1) is 13.1. The average Bonchev–Trinajstić information content (AvgIpc) is 3.30. The van der Waals surface area contributed by atoms with Gasteiger partial charge in [0, 0.05) is 5.39 Å². The smallest absolute Gasteiger partial charge is 0.361 e. The third-order valence-corrected chi connectivity index (χ3v) is 4.00. The highest BCUT2D eigenvalue weighted by Gasteiger charge is 2.20. The van der Waals surface area contributed by atoms with Crippen LogP contribution in [0, 0.1) is 6.92 Å². The normalized spacial score (nSPS) is 10.9. The molecule has 0 saturated heterocycles. The van der Waals surface area contributed by atoms with E-state index in [2.05, 4.69) is 10.2 Å². The van der Waals surface area contributed by atoms with Gasteiger partial charge < -0.3 is 9.15 Å². The molecule has 0 bridgehead atoms. The monoisotopic (exact) mass is 361 g/mol. The number of ketones is 1. The molecular weight excluding hydrogens is 346 g/mol. The molecule has 2 aromatic heterocycles. The van der Waals surface area contributed by atoms with E-state index in [0.29, 0.717) is 11.3 Å². The lowest BCUT2D eigenvalue weighted by atomic mass is 10.2.